The Morgan fingerprint density at radius 3 is 2.55 bits per heavy atom. The standard InChI is InChI=1S/C35H41N3O6/c1-20-16-24(18-23-11-9-15-29(42-4)33(23)43-5)32-26(17-20)31(25-12-6-7-13-28(25)36-32)34(40)44-19-30(39)38-35(41)37-27-14-8-10-21(2)22(27)3/h6-7,9,11-13,15,18,20-22,27H,8,10,14,16-17,19H2,1-5H3,(H2,37,38,39,41)/b24-18+/t20-,21+,22-,27+/m1/s1. The predicted octanol–water partition coefficient (Wildman–Crippen LogP) is 6.18. The summed E-state index contributed by atoms with van der Waals surface area (Å²) in [5.41, 5.74) is 4.34. The van der Waals surface area contributed by atoms with Crippen LogP contribution in [0.1, 0.15) is 73.6 Å². The molecule has 5 rings (SSSR count). The normalized spacial score (nSPS) is 22.2. The topological polar surface area (TPSA) is 116 Å². The molecule has 0 bridgehead atoms. The number of carbonyl (C=O) groups is 3. The van der Waals surface area contributed by atoms with Crippen LogP contribution in [0.25, 0.3) is 22.6 Å². The van der Waals surface area contributed by atoms with Gasteiger partial charge in [-0.25, -0.2) is 14.6 Å². The number of benzene rings is 2. The molecule has 1 saturated carbocycles. The summed E-state index contributed by atoms with van der Waals surface area (Å²) >= 11 is 0. The van der Waals surface area contributed by atoms with E-state index in [0.717, 1.165) is 48.1 Å². The number of ether oxygens (including phenoxy) is 3. The van der Waals surface area contributed by atoms with Gasteiger partial charge in [-0.15, -0.1) is 0 Å². The minimum atomic E-state index is -0.682. The first-order chi connectivity index (χ1) is 21.2. The number of pyridine rings is 1. The smallest absolute Gasteiger partial charge is 0.339 e. The summed E-state index contributed by atoms with van der Waals surface area (Å²) < 4.78 is 16.7. The summed E-state index contributed by atoms with van der Waals surface area (Å²) in [5, 5.41) is 5.89. The van der Waals surface area contributed by atoms with E-state index in [4.69, 9.17) is 19.2 Å². The molecular weight excluding hydrogens is 558 g/mol. The Bertz CT molecular complexity index is 1600. The Morgan fingerprint density at radius 2 is 1.77 bits per heavy atom. The fourth-order valence-electron chi connectivity index (χ4n) is 6.54. The number of urea groups is 1. The maximum absolute atomic E-state index is 13.7. The van der Waals surface area contributed by atoms with Crippen molar-refractivity contribution >= 4 is 40.5 Å². The lowest BCUT2D eigenvalue weighted by Crippen LogP contribution is -2.49. The van der Waals surface area contributed by atoms with Crippen molar-refractivity contribution in [1.29, 1.82) is 0 Å². The number of aromatic nitrogens is 1. The molecule has 4 atom stereocenters. The molecular formula is C35H41N3O6. The van der Waals surface area contributed by atoms with Gasteiger partial charge in [0.05, 0.1) is 31.0 Å². The first-order valence-corrected chi connectivity index (χ1v) is 15.3. The van der Waals surface area contributed by atoms with E-state index in [2.05, 4.69) is 31.4 Å². The minimum absolute atomic E-state index is 0.00462. The van der Waals surface area contributed by atoms with E-state index >= 15 is 0 Å². The summed E-state index contributed by atoms with van der Waals surface area (Å²) in [6.45, 7) is 5.85. The van der Waals surface area contributed by atoms with Crippen molar-refractivity contribution < 1.29 is 28.6 Å². The highest BCUT2D eigenvalue weighted by Crippen LogP contribution is 2.41. The Labute approximate surface area is 258 Å². The first kappa shape index (κ1) is 31.0. The third kappa shape index (κ3) is 6.56. The summed E-state index contributed by atoms with van der Waals surface area (Å²) in [5.74, 6) is 0.969. The summed E-state index contributed by atoms with van der Waals surface area (Å²) in [6.07, 6.45) is 6.46. The lowest BCUT2D eigenvalue weighted by Gasteiger charge is -2.34. The van der Waals surface area contributed by atoms with Gasteiger partial charge in [-0.2, -0.15) is 0 Å². The largest absolute Gasteiger partial charge is 0.493 e. The number of fused-ring (bicyclic) bond motifs is 2. The van der Waals surface area contributed by atoms with Gasteiger partial charge >= 0.3 is 12.0 Å². The summed E-state index contributed by atoms with van der Waals surface area (Å²) in [4.78, 5) is 43.9. The molecule has 2 N–H and O–H groups in total. The second kappa shape index (κ2) is 13.5. The second-order valence-electron chi connectivity index (χ2n) is 12.1. The lowest BCUT2D eigenvalue weighted by atomic mass is 9.78. The number of para-hydroxylation sites is 2. The number of allylic oxidation sites excluding steroid dienone is 1. The molecule has 0 saturated heterocycles. The van der Waals surface area contributed by atoms with E-state index in [-0.39, 0.29) is 12.0 Å². The number of hydrogen-bond acceptors (Lipinski definition) is 7. The number of carbonyl (C=O) groups excluding carboxylic acids is 3. The molecule has 1 heterocycles. The van der Waals surface area contributed by atoms with Crippen molar-refractivity contribution in [2.75, 3.05) is 20.8 Å². The molecule has 0 spiro atoms. The van der Waals surface area contributed by atoms with Crippen LogP contribution in [0.4, 0.5) is 4.79 Å². The Balaban J connectivity index is 1.40. The zero-order chi connectivity index (χ0) is 31.4. The molecule has 3 amide bonds. The SMILES string of the molecule is COc1cccc(/C=C2\C[C@@H](C)Cc3c2nc2ccccc2c3C(=O)OCC(=O)NC(=O)N[C@H]2CCC[C@H](C)[C@H]2C)c1OC. The number of methoxy groups -OCH3 is 2. The number of imide groups is 1. The van der Waals surface area contributed by atoms with E-state index < -0.39 is 24.5 Å². The molecule has 44 heavy (non-hydrogen) atoms. The van der Waals surface area contributed by atoms with Crippen LogP contribution >= 0.6 is 0 Å². The number of nitrogens with one attached hydrogen (secondary N) is 2. The van der Waals surface area contributed by atoms with Crippen molar-refractivity contribution in [3.05, 3.63) is 64.8 Å². The molecule has 1 aromatic heterocycles. The van der Waals surface area contributed by atoms with Crippen LogP contribution in [0, 0.1) is 17.8 Å². The number of rotatable bonds is 7. The molecule has 232 valence electrons. The average molecular weight is 600 g/mol. The van der Waals surface area contributed by atoms with Gasteiger partial charge in [0.1, 0.15) is 0 Å². The average Bonchev–Trinajstić information content (AvgIpc) is 3.01. The number of hydrogen-bond donors (Lipinski definition) is 2. The highest BCUT2D eigenvalue weighted by Gasteiger charge is 2.31. The van der Waals surface area contributed by atoms with Crippen LogP contribution < -0.4 is 20.1 Å². The number of nitrogens with zero attached hydrogens (tertiary/aromatic N) is 1. The van der Waals surface area contributed by atoms with Crippen LogP contribution in [0.2, 0.25) is 0 Å². The van der Waals surface area contributed by atoms with Crippen molar-refractivity contribution in [1.82, 2.24) is 15.6 Å². The Morgan fingerprint density at radius 1 is 0.977 bits per heavy atom. The predicted molar refractivity (Wildman–Crippen MR) is 170 cm³/mol. The second-order valence-corrected chi connectivity index (χ2v) is 12.1. The van der Waals surface area contributed by atoms with Gasteiger partial charge in [-0.3, -0.25) is 10.1 Å². The first-order valence-electron chi connectivity index (χ1n) is 15.3. The fraction of sp³-hybridized carbons (Fsp3) is 0.429. The van der Waals surface area contributed by atoms with E-state index in [1.165, 1.54) is 0 Å². The van der Waals surface area contributed by atoms with Gasteiger partial charge < -0.3 is 19.5 Å². The lowest BCUT2D eigenvalue weighted by molar-refractivity contribution is -0.123. The molecule has 0 unspecified atom stereocenters. The molecule has 2 aliphatic rings. The Kier molecular flexibility index (Phi) is 9.52. The molecule has 2 aliphatic carbocycles. The van der Waals surface area contributed by atoms with Gasteiger partial charge in [0, 0.05) is 17.0 Å². The summed E-state index contributed by atoms with van der Waals surface area (Å²) in [7, 11) is 3.20. The van der Waals surface area contributed by atoms with Crippen molar-refractivity contribution in [3.8, 4) is 11.5 Å². The highest BCUT2D eigenvalue weighted by molar-refractivity contribution is 6.07. The van der Waals surface area contributed by atoms with E-state index in [1.54, 1.807) is 14.2 Å². The molecule has 9 nitrogen and oxygen atoms in total. The van der Waals surface area contributed by atoms with Crippen LogP contribution in [0.3, 0.4) is 0 Å². The third-order valence-corrected chi connectivity index (χ3v) is 9.00. The maximum atomic E-state index is 13.7. The van der Waals surface area contributed by atoms with Crippen LogP contribution in [0.15, 0.2) is 42.5 Å². The highest BCUT2D eigenvalue weighted by atomic mass is 16.5. The molecule has 0 aliphatic heterocycles. The van der Waals surface area contributed by atoms with Gasteiger partial charge in [-0.1, -0.05) is 63.9 Å². The Hall–Kier alpha value is -4.40. The third-order valence-electron chi connectivity index (χ3n) is 9.00. The molecule has 9 heteroatoms. The van der Waals surface area contributed by atoms with Gasteiger partial charge in [0.25, 0.3) is 5.91 Å². The van der Waals surface area contributed by atoms with Gasteiger partial charge in [0.15, 0.2) is 18.1 Å². The minimum Gasteiger partial charge on any atom is -0.493 e. The molecule has 0 radical (unpaired) electrons. The van der Waals surface area contributed by atoms with Gasteiger partial charge in [0.2, 0.25) is 0 Å². The maximum Gasteiger partial charge on any atom is 0.339 e. The molecule has 1 fully saturated rings. The van der Waals surface area contributed by atoms with Crippen LogP contribution in [-0.2, 0) is 16.0 Å². The van der Waals surface area contributed by atoms with Crippen LogP contribution in [0.5, 0.6) is 11.5 Å². The van der Waals surface area contributed by atoms with E-state index in [1.807, 2.05) is 48.5 Å². The zero-order valence-corrected chi connectivity index (χ0v) is 26.1. The summed E-state index contributed by atoms with van der Waals surface area (Å²) in [6, 6.07) is 12.6. The van der Waals surface area contributed by atoms with E-state index in [0.29, 0.717) is 46.2 Å². The zero-order valence-electron chi connectivity index (χ0n) is 26.1. The quantitative estimate of drug-likeness (QED) is 0.312. The fourth-order valence-corrected chi connectivity index (χ4v) is 6.54. The number of esters is 1. The van der Waals surface area contributed by atoms with Crippen molar-refractivity contribution in [2.24, 2.45) is 17.8 Å². The van der Waals surface area contributed by atoms with Crippen molar-refractivity contribution in [2.45, 2.75) is 58.9 Å². The molecule has 3 aromatic rings. The van der Waals surface area contributed by atoms with Gasteiger partial charge in [-0.05, 0) is 66.4 Å². The monoisotopic (exact) mass is 599 g/mol. The van der Waals surface area contributed by atoms with Crippen LogP contribution in [-0.4, -0.2) is 49.8 Å². The van der Waals surface area contributed by atoms with Crippen molar-refractivity contribution in [3.63, 3.8) is 0 Å². The molecule has 2 aromatic carbocycles. The number of amides is 3. The van der Waals surface area contributed by atoms with E-state index in [9.17, 15) is 14.4 Å².